The quantitative estimate of drug-likeness (QED) is 0.908. The van der Waals surface area contributed by atoms with Gasteiger partial charge in [-0.3, -0.25) is 4.90 Å². The molecule has 4 heteroatoms. The van der Waals surface area contributed by atoms with Crippen LogP contribution in [0.1, 0.15) is 30.2 Å². The Bertz CT molecular complexity index is 367. The zero-order valence-corrected chi connectivity index (χ0v) is 11.6. The average molecular weight is 271 g/mol. The second-order valence-corrected chi connectivity index (χ2v) is 6.81. The summed E-state index contributed by atoms with van der Waals surface area (Å²) in [7, 11) is 0. The van der Waals surface area contributed by atoms with E-state index in [0.29, 0.717) is 6.04 Å². The van der Waals surface area contributed by atoms with Crippen LogP contribution in [0, 0.1) is 5.92 Å². The van der Waals surface area contributed by atoms with Crippen LogP contribution < -0.4 is 5.32 Å². The van der Waals surface area contributed by atoms with Crippen LogP contribution in [-0.4, -0.2) is 31.1 Å². The van der Waals surface area contributed by atoms with Crippen LogP contribution in [0.5, 0.6) is 0 Å². The number of rotatable bonds is 3. The molecule has 2 nitrogen and oxygen atoms in total. The second-order valence-electron chi connectivity index (χ2n) is 5.06. The van der Waals surface area contributed by atoms with Crippen molar-refractivity contribution >= 4 is 22.9 Å². The van der Waals surface area contributed by atoms with E-state index in [1.165, 1.54) is 43.8 Å². The summed E-state index contributed by atoms with van der Waals surface area (Å²) in [5, 5.41) is 3.48. The number of hydrogen-bond acceptors (Lipinski definition) is 3. The fourth-order valence-corrected chi connectivity index (χ4v) is 4.04. The summed E-state index contributed by atoms with van der Waals surface area (Å²) in [5.74, 6) is 0.878. The minimum Gasteiger partial charge on any atom is -0.315 e. The van der Waals surface area contributed by atoms with Crippen molar-refractivity contribution in [2.75, 3.05) is 26.2 Å². The highest BCUT2D eigenvalue weighted by Crippen LogP contribution is 2.46. The lowest BCUT2D eigenvalue weighted by Gasteiger charge is -2.29. The van der Waals surface area contributed by atoms with Crippen LogP contribution in [0.4, 0.5) is 0 Å². The Morgan fingerprint density at radius 1 is 1.29 bits per heavy atom. The van der Waals surface area contributed by atoms with Gasteiger partial charge in [0.25, 0.3) is 0 Å². The van der Waals surface area contributed by atoms with E-state index in [9.17, 15) is 0 Å². The van der Waals surface area contributed by atoms with Crippen LogP contribution in [0.3, 0.4) is 0 Å². The maximum Gasteiger partial charge on any atom is 0.0931 e. The molecule has 0 spiro atoms. The molecule has 17 heavy (non-hydrogen) atoms. The molecule has 2 heterocycles. The highest BCUT2D eigenvalue weighted by Gasteiger charge is 2.37. The van der Waals surface area contributed by atoms with Gasteiger partial charge in [-0.05, 0) is 43.9 Å². The van der Waals surface area contributed by atoms with Crippen LogP contribution in [0.15, 0.2) is 12.1 Å². The van der Waals surface area contributed by atoms with Crippen molar-refractivity contribution in [1.29, 1.82) is 0 Å². The largest absolute Gasteiger partial charge is 0.315 e. The average Bonchev–Trinajstić information content (AvgIpc) is 3.09. The van der Waals surface area contributed by atoms with Gasteiger partial charge in [-0.2, -0.15) is 0 Å². The Balaban J connectivity index is 1.78. The first kappa shape index (κ1) is 12.0. The fraction of sp³-hybridized carbons (Fsp3) is 0.692. The minimum absolute atomic E-state index is 0.632. The lowest BCUT2D eigenvalue weighted by molar-refractivity contribution is 0.192. The van der Waals surface area contributed by atoms with E-state index in [0.717, 1.165) is 16.8 Å². The molecule has 0 amide bonds. The first-order valence-electron chi connectivity index (χ1n) is 6.54. The molecule has 1 aromatic rings. The molecular formula is C13H19ClN2S. The molecule has 1 saturated heterocycles. The monoisotopic (exact) mass is 270 g/mol. The van der Waals surface area contributed by atoms with Crippen molar-refractivity contribution in [3.05, 3.63) is 21.3 Å². The van der Waals surface area contributed by atoms with Gasteiger partial charge in [0.2, 0.25) is 0 Å². The molecule has 2 fully saturated rings. The molecule has 1 atom stereocenters. The number of thiophene rings is 1. The fourth-order valence-electron chi connectivity index (χ4n) is 2.75. The van der Waals surface area contributed by atoms with E-state index < -0.39 is 0 Å². The Morgan fingerprint density at radius 2 is 2.18 bits per heavy atom. The summed E-state index contributed by atoms with van der Waals surface area (Å²) < 4.78 is 0.929. The summed E-state index contributed by atoms with van der Waals surface area (Å²) >= 11 is 7.86. The van der Waals surface area contributed by atoms with Crippen LogP contribution in [0.25, 0.3) is 0 Å². The summed E-state index contributed by atoms with van der Waals surface area (Å²) in [6.45, 7) is 4.70. The Kier molecular flexibility index (Phi) is 3.71. The minimum atomic E-state index is 0.632. The third kappa shape index (κ3) is 2.84. The lowest BCUT2D eigenvalue weighted by Crippen LogP contribution is -2.33. The molecule has 1 unspecified atom stereocenters. The molecule has 1 aliphatic carbocycles. The van der Waals surface area contributed by atoms with E-state index in [1.54, 1.807) is 11.3 Å². The maximum atomic E-state index is 6.09. The van der Waals surface area contributed by atoms with Gasteiger partial charge in [0, 0.05) is 30.6 Å². The van der Waals surface area contributed by atoms with Gasteiger partial charge in [0.1, 0.15) is 0 Å². The zero-order valence-electron chi connectivity index (χ0n) is 9.99. The van der Waals surface area contributed by atoms with Gasteiger partial charge < -0.3 is 5.32 Å². The highest BCUT2D eigenvalue weighted by atomic mass is 35.5. The zero-order chi connectivity index (χ0) is 11.7. The van der Waals surface area contributed by atoms with Gasteiger partial charge in [-0.15, -0.1) is 11.3 Å². The third-order valence-corrected chi connectivity index (χ3v) is 5.02. The van der Waals surface area contributed by atoms with Crippen LogP contribution in [0.2, 0.25) is 4.34 Å². The predicted molar refractivity (Wildman–Crippen MR) is 73.9 cm³/mol. The number of hydrogen-bond donors (Lipinski definition) is 1. The molecule has 3 rings (SSSR count). The summed E-state index contributed by atoms with van der Waals surface area (Å²) in [4.78, 5) is 4.14. The second kappa shape index (κ2) is 5.27. The SMILES string of the molecule is Clc1ccc(C(C2CC2)N2CCCNCC2)s1. The molecule has 1 saturated carbocycles. The normalized spacial score (nSPS) is 24.5. The first-order valence-corrected chi connectivity index (χ1v) is 7.74. The van der Waals surface area contributed by atoms with Crippen molar-refractivity contribution in [3.63, 3.8) is 0 Å². The number of nitrogens with one attached hydrogen (secondary N) is 1. The van der Waals surface area contributed by atoms with Crippen molar-refractivity contribution < 1.29 is 0 Å². The van der Waals surface area contributed by atoms with Crippen molar-refractivity contribution in [2.24, 2.45) is 5.92 Å². The Morgan fingerprint density at radius 3 is 2.88 bits per heavy atom. The molecule has 1 aromatic heterocycles. The van der Waals surface area contributed by atoms with Crippen molar-refractivity contribution in [2.45, 2.75) is 25.3 Å². The van der Waals surface area contributed by atoms with Crippen LogP contribution in [-0.2, 0) is 0 Å². The Labute approximate surface area is 112 Å². The predicted octanol–water partition coefficient (Wildman–Crippen LogP) is 3.15. The molecule has 1 aliphatic heterocycles. The molecule has 0 bridgehead atoms. The van der Waals surface area contributed by atoms with E-state index in [2.05, 4.69) is 16.3 Å². The van der Waals surface area contributed by atoms with Gasteiger partial charge in [0.05, 0.1) is 4.34 Å². The number of nitrogens with zero attached hydrogens (tertiary/aromatic N) is 1. The van der Waals surface area contributed by atoms with Crippen molar-refractivity contribution in [1.82, 2.24) is 10.2 Å². The molecule has 2 aliphatic rings. The maximum absolute atomic E-state index is 6.09. The smallest absolute Gasteiger partial charge is 0.0931 e. The lowest BCUT2D eigenvalue weighted by atomic mass is 10.1. The van der Waals surface area contributed by atoms with E-state index in [-0.39, 0.29) is 0 Å². The summed E-state index contributed by atoms with van der Waals surface area (Å²) in [5.41, 5.74) is 0. The van der Waals surface area contributed by atoms with Gasteiger partial charge in [0.15, 0.2) is 0 Å². The third-order valence-electron chi connectivity index (χ3n) is 3.72. The van der Waals surface area contributed by atoms with E-state index >= 15 is 0 Å². The van der Waals surface area contributed by atoms with Gasteiger partial charge in [-0.25, -0.2) is 0 Å². The topological polar surface area (TPSA) is 15.3 Å². The molecule has 94 valence electrons. The molecule has 1 N–H and O–H groups in total. The molecular weight excluding hydrogens is 252 g/mol. The number of halogens is 1. The summed E-state index contributed by atoms with van der Waals surface area (Å²) in [6, 6.07) is 4.91. The first-order chi connectivity index (χ1) is 8.34. The van der Waals surface area contributed by atoms with E-state index in [1.807, 2.05) is 6.07 Å². The van der Waals surface area contributed by atoms with Crippen LogP contribution >= 0.6 is 22.9 Å². The Hall–Kier alpha value is -0.0900. The highest BCUT2D eigenvalue weighted by molar-refractivity contribution is 7.16. The van der Waals surface area contributed by atoms with Gasteiger partial charge in [-0.1, -0.05) is 11.6 Å². The molecule has 0 aromatic carbocycles. The molecule has 0 radical (unpaired) electrons. The van der Waals surface area contributed by atoms with E-state index in [4.69, 9.17) is 11.6 Å². The van der Waals surface area contributed by atoms with Gasteiger partial charge >= 0.3 is 0 Å². The van der Waals surface area contributed by atoms with Crippen molar-refractivity contribution in [3.8, 4) is 0 Å². The standard InChI is InChI=1S/C13H19ClN2S/c14-12-5-4-11(17-12)13(10-2-3-10)16-8-1-6-15-7-9-16/h4-5,10,13,15H,1-3,6-9H2. The summed E-state index contributed by atoms with van der Waals surface area (Å²) in [6.07, 6.45) is 4.05.